The summed E-state index contributed by atoms with van der Waals surface area (Å²) in [7, 11) is 6.34. The highest BCUT2D eigenvalue weighted by Crippen LogP contribution is 2.32. The average molecular weight is 857 g/mol. The second-order valence-corrected chi connectivity index (χ2v) is 16.1. The summed E-state index contributed by atoms with van der Waals surface area (Å²) in [5.41, 5.74) is 0.981. The standard InChI is InChI=1S/C44H64N4O13/c1-26-12-9-10-14-40-45-33(23-58-40)43-47-34(24-60-43)44-46-32(22-59-44)42(57-8)29(4)36(53)19-30(50)18-31(51)20-41(54)61-39(26)21-38(56-7)27(2)15-16-35(52)28(3)37(55-6)13-11-17-48(5)25-49/h10-11,14,17,22-24,26-31,37-39,42,49-51H,9,12-13,15-16,18-21,25H2,1-8H3/b14-10+,17-11+/t26-,27+,28+,29+,30+,31+,37+,38+,39+,42+/m0/s1. The minimum atomic E-state index is -1.28. The smallest absolute Gasteiger partial charge is 0.308 e. The lowest BCUT2D eigenvalue weighted by Crippen LogP contribution is -2.35. The Labute approximate surface area is 357 Å². The fourth-order valence-corrected chi connectivity index (χ4v) is 7.38. The summed E-state index contributed by atoms with van der Waals surface area (Å²) in [5, 5.41) is 30.9. The van der Waals surface area contributed by atoms with Crippen molar-refractivity contribution in [2.75, 3.05) is 35.1 Å². The summed E-state index contributed by atoms with van der Waals surface area (Å²) < 4.78 is 40.2. The van der Waals surface area contributed by atoms with Crippen molar-refractivity contribution < 1.29 is 61.9 Å². The van der Waals surface area contributed by atoms with Gasteiger partial charge < -0.3 is 52.4 Å². The monoisotopic (exact) mass is 856 g/mol. The number of aliphatic hydroxyl groups is 3. The Morgan fingerprint density at radius 2 is 1.62 bits per heavy atom. The SMILES string of the molecule is CO[C@H](C[C@H]1OC(=O)C[C@H](O)C[C@@H](O)CC(=O)[C@@H](C)[C@@H](OC)c2coc(n2)-c2coc(n2)-c2coc(n2)/C=C/CC[C@@H]1C)[C@H](C)CCC(=O)[C@@H](C)[C@@H](C/C=C/N(C)CO)OC. The minimum absolute atomic E-state index is 0.0574. The molecule has 0 radical (unpaired) electrons. The number of ketones is 2. The Bertz CT molecular complexity index is 1870. The third-order valence-corrected chi connectivity index (χ3v) is 11.4. The van der Waals surface area contributed by atoms with Crippen LogP contribution in [0.25, 0.3) is 29.2 Å². The van der Waals surface area contributed by atoms with Crippen molar-refractivity contribution in [1.82, 2.24) is 19.9 Å². The van der Waals surface area contributed by atoms with E-state index in [9.17, 15) is 29.7 Å². The van der Waals surface area contributed by atoms with Gasteiger partial charge in [0.25, 0.3) is 0 Å². The van der Waals surface area contributed by atoms with Crippen LogP contribution >= 0.6 is 0 Å². The van der Waals surface area contributed by atoms with Gasteiger partial charge in [-0.25, -0.2) is 15.0 Å². The molecule has 3 N–H and O–H groups in total. The maximum atomic E-state index is 13.4. The highest BCUT2D eigenvalue weighted by Gasteiger charge is 2.33. The molecular weight excluding hydrogens is 792 g/mol. The summed E-state index contributed by atoms with van der Waals surface area (Å²) in [6.07, 6.45) is 8.71. The number of allylic oxidation sites excluding steroid dienone is 1. The highest BCUT2D eigenvalue weighted by molar-refractivity contribution is 5.82. The first-order chi connectivity index (χ1) is 29.2. The number of esters is 1. The molecule has 0 saturated carbocycles. The first-order valence-electron chi connectivity index (χ1n) is 20.9. The summed E-state index contributed by atoms with van der Waals surface area (Å²) in [4.78, 5) is 55.0. The van der Waals surface area contributed by atoms with Crippen LogP contribution in [0.3, 0.4) is 0 Å². The topological polar surface area (TPSA) is 230 Å². The van der Waals surface area contributed by atoms with E-state index in [1.165, 1.54) is 25.9 Å². The zero-order chi connectivity index (χ0) is 44.6. The van der Waals surface area contributed by atoms with Gasteiger partial charge in [0.05, 0.1) is 30.8 Å². The van der Waals surface area contributed by atoms with Crippen LogP contribution in [-0.4, -0.2) is 118 Å². The number of nitrogens with zero attached hydrogens (tertiary/aromatic N) is 4. The average Bonchev–Trinajstić information content (AvgIpc) is 4.03. The Hall–Kier alpha value is -4.52. The lowest BCUT2D eigenvalue weighted by Gasteiger charge is -2.31. The van der Waals surface area contributed by atoms with Crippen molar-refractivity contribution in [3.63, 3.8) is 0 Å². The lowest BCUT2D eigenvalue weighted by molar-refractivity contribution is -0.157. The first-order valence-corrected chi connectivity index (χ1v) is 20.9. The van der Waals surface area contributed by atoms with Crippen LogP contribution in [0.1, 0.15) is 103 Å². The van der Waals surface area contributed by atoms with E-state index >= 15 is 0 Å². The molecule has 1 aliphatic rings. The van der Waals surface area contributed by atoms with E-state index in [2.05, 4.69) is 15.0 Å². The van der Waals surface area contributed by atoms with Gasteiger partial charge in [-0.2, -0.15) is 0 Å². The number of carbonyl (C=O) groups is 3. The number of aromatic nitrogens is 3. The van der Waals surface area contributed by atoms with Crippen LogP contribution in [0, 0.1) is 23.7 Å². The van der Waals surface area contributed by atoms with E-state index in [-0.39, 0.29) is 72.9 Å². The van der Waals surface area contributed by atoms with Crippen molar-refractivity contribution in [2.24, 2.45) is 23.7 Å². The highest BCUT2D eigenvalue weighted by atomic mass is 16.5. The molecule has 17 nitrogen and oxygen atoms in total. The van der Waals surface area contributed by atoms with Crippen LogP contribution in [0.4, 0.5) is 0 Å². The molecular formula is C44H64N4O13. The molecule has 10 atom stereocenters. The maximum Gasteiger partial charge on any atom is 0.308 e. The van der Waals surface area contributed by atoms with Gasteiger partial charge >= 0.3 is 5.97 Å². The summed E-state index contributed by atoms with van der Waals surface area (Å²) >= 11 is 0. The molecule has 0 saturated heterocycles. The molecule has 4 heterocycles. The number of oxazole rings is 3. The second kappa shape index (κ2) is 24.2. The predicted octanol–water partition coefficient (Wildman–Crippen LogP) is 5.95. The van der Waals surface area contributed by atoms with Crippen LogP contribution in [0.5, 0.6) is 0 Å². The molecule has 338 valence electrons. The van der Waals surface area contributed by atoms with Crippen LogP contribution < -0.4 is 0 Å². The summed E-state index contributed by atoms with van der Waals surface area (Å²) in [6.45, 7) is 7.35. The number of fused-ring (bicyclic) bond motifs is 8. The molecule has 0 aliphatic carbocycles. The van der Waals surface area contributed by atoms with Gasteiger partial charge in [0, 0.05) is 65.9 Å². The van der Waals surface area contributed by atoms with Crippen LogP contribution in [0.15, 0.2) is 50.4 Å². The summed E-state index contributed by atoms with van der Waals surface area (Å²) in [6, 6.07) is 0. The Balaban J connectivity index is 1.49. The second-order valence-electron chi connectivity index (χ2n) is 16.1. The molecule has 0 aromatic carbocycles. The molecule has 0 spiro atoms. The number of methoxy groups -OCH3 is 3. The number of rotatable bonds is 15. The van der Waals surface area contributed by atoms with E-state index in [1.54, 1.807) is 45.4 Å². The van der Waals surface area contributed by atoms with Crippen LogP contribution in [-0.2, 0) is 33.3 Å². The molecule has 3 aromatic heterocycles. The van der Waals surface area contributed by atoms with Gasteiger partial charge in [0.15, 0.2) is 11.4 Å². The number of hydrogen-bond acceptors (Lipinski definition) is 17. The third-order valence-electron chi connectivity index (χ3n) is 11.4. The van der Waals surface area contributed by atoms with Gasteiger partial charge in [0.2, 0.25) is 17.7 Å². The number of Topliss-reactive ketones (excluding diaryl/α,β-unsaturated/α-hetero) is 2. The molecule has 0 unspecified atom stereocenters. The van der Waals surface area contributed by atoms with E-state index in [4.69, 9.17) is 32.2 Å². The largest absolute Gasteiger partial charge is 0.462 e. The molecule has 0 fully saturated rings. The number of carbonyl (C=O) groups excluding carboxylic acids is 3. The fraction of sp³-hybridized carbons (Fsp3) is 0.636. The van der Waals surface area contributed by atoms with Crippen LogP contribution in [0.2, 0.25) is 0 Å². The van der Waals surface area contributed by atoms with Gasteiger partial charge in [-0.05, 0) is 49.8 Å². The zero-order valence-corrected chi connectivity index (χ0v) is 36.6. The van der Waals surface area contributed by atoms with Gasteiger partial charge in [-0.15, -0.1) is 0 Å². The van der Waals surface area contributed by atoms with E-state index in [0.717, 1.165) is 0 Å². The van der Waals surface area contributed by atoms with Crippen molar-refractivity contribution in [3.05, 3.63) is 48.7 Å². The molecule has 17 heteroatoms. The maximum absolute atomic E-state index is 13.4. The van der Waals surface area contributed by atoms with Gasteiger partial charge in [0.1, 0.15) is 55.0 Å². The first kappa shape index (κ1) is 49.1. The Kier molecular flexibility index (Phi) is 19.5. The molecule has 61 heavy (non-hydrogen) atoms. The minimum Gasteiger partial charge on any atom is -0.462 e. The quantitative estimate of drug-likeness (QED) is 0.118. The number of cyclic esters (lactones) is 1. The van der Waals surface area contributed by atoms with E-state index < -0.39 is 42.7 Å². The van der Waals surface area contributed by atoms with Gasteiger partial charge in [-0.1, -0.05) is 39.8 Å². The van der Waals surface area contributed by atoms with Crippen molar-refractivity contribution in [1.29, 1.82) is 0 Å². The van der Waals surface area contributed by atoms with Crippen molar-refractivity contribution in [3.8, 4) is 23.2 Å². The molecule has 4 rings (SSSR count). The molecule has 1 aliphatic heterocycles. The van der Waals surface area contributed by atoms with Crippen molar-refractivity contribution in [2.45, 2.75) is 122 Å². The predicted molar refractivity (Wildman–Crippen MR) is 222 cm³/mol. The Morgan fingerprint density at radius 3 is 2.33 bits per heavy atom. The molecule has 0 amide bonds. The number of aliphatic hydroxyl groups excluding tert-OH is 3. The third kappa shape index (κ3) is 14.5. The number of hydrogen-bond donors (Lipinski definition) is 3. The Morgan fingerprint density at radius 1 is 0.951 bits per heavy atom. The zero-order valence-electron chi connectivity index (χ0n) is 36.6. The number of ether oxygens (including phenoxy) is 4. The van der Waals surface area contributed by atoms with Crippen molar-refractivity contribution >= 4 is 23.6 Å². The van der Waals surface area contributed by atoms with E-state index in [0.29, 0.717) is 61.5 Å². The normalized spacial score (nSPS) is 24.9. The molecule has 3 aromatic rings. The van der Waals surface area contributed by atoms with Gasteiger partial charge in [-0.3, -0.25) is 14.4 Å². The molecule has 6 bridgehead atoms. The van der Waals surface area contributed by atoms with E-state index in [1.807, 2.05) is 32.9 Å². The fourth-order valence-electron chi connectivity index (χ4n) is 7.38. The lowest BCUT2D eigenvalue weighted by atomic mass is 9.86. The summed E-state index contributed by atoms with van der Waals surface area (Å²) in [5.74, 6) is -1.65.